The molecule has 4 heteroatoms. The van der Waals surface area contributed by atoms with Gasteiger partial charge in [0, 0.05) is 12.1 Å². The van der Waals surface area contributed by atoms with E-state index in [1.807, 2.05) is 25.1 Å². The molecule has 0 spiro atoms. The van der Waals surface area contributed by atoms with E-state index >= 15 is 0 Å². The molecular weight excluding hydrogens is 308 g/mol. The second-order valence-electron chi connectivity index (χ2n) is 6.77. The van der Waals surface area contributed by atoms with Crippen LogP contribution in [0.2, 0.25) is 0 Å². The molecule has 0 fully saturated rings. The van der Waals surface area contributed by atoms with Gasteiger partial charge in [-0.2, -0.15) is 0 Å². The van der Waals surface area contributed by atoms with Gasteiger partial charge in [-0.15, -0.1) is 12.4 Å². The summed E-state index contributed by atoms with van der Waals surface area (Å²) in [5.41, 5.74) is 6.55. The van der Waals surface area contributed by atoms with Gasteiger partial charge in [0.05, 0.1) is 6.42 Å². The van der Waals surface area contributed by atoms with Gasteiger partial charge in [-0.05, 0) is 35.6 Å². The summed E-state index contributed by atoms with van der Waals surface area (Å²) in [5.74, 6) is 0.526. The van der Waals surface area contributed by atoms with Gasteiger partial charge < -0.3 is 11.1 Å². The Hall–Kier alpha value is -1.58. The van der Waals surface area contributed by atoms with Gasteiger partial charge in [0.1, 0.15) is 0 Å². The number of carbonyl (C=O) groups is 1. The summed E-state index contributed by atoms with van der Waals surface area (Å²) in [6.07, 6.45) is 1.27. The Balaban J connectivity index is 0.00000264. The number of fused-ring (bicyclic) bond motifs is 1. The van der Waals surface area contributed by atoms with Crippen LogP contribution in [0.5, 0.6) is 0 Å². The molecule has 0 heterocycles. The van der Waals surface area contributed by atoms with Gasteiger partial charge in [-0.25, -0.2) is 0 Å². The predicted molar refractivity (Wildman–Crippen MR) is 100.0 cm³/mol. The SMILES string of the molecule is CC(C)CC(C)(CN)NC(=O)Cc1ccc2ccccc2c1.Cl. The molecule has 23 heavy (non-hydrogen) atoms. The molecular formula is C19H27ClN2O. The number of amides is 1. The Kier molecular flexibility index (Phi) is 7.04. The predicted octanol–water partition coefficient (Wildman–Crippen LogP) is 3.68. The lowest BCUT2D eigenvalue weighted by Crippen LogP contribution is -2.52. The molecule has 0 bridgehead atoms. The van der Waals surface area contributed by atoms with Crippen molar-refractivity contribution in [3.63, 3.8) is 0 Å². The molecule has 0 saturated heterocycles. The highest BCUT2D eigenvalue weighted by molar-refractivity contribution is 5.86. The first kappa shape index (κ1) is 19.5. The van der Waals surface area contributed by atoms with E-state index in [1.165, 1.54) is 5.39 Å². The summed E-state index contributed by atoms with van der Waals surface area (Å²) in [6.45, 7) is 6.76. The Morgan fingerprint density at radius 2 is 1.83 bits per heavy atom. The molecule has 0 radical (unpaired) electrons. The fourth-order valence-electron chi connectivity index (χ4n) is 3.00. The third-order valence-corrected chi connectivity index (χ3v) is 3.93. The van der Waals surface area contributed by atoms with E-state index in [0.29, 0.717) is 18.9 Å². The number of hydrogen-bond donors (Lipinski definition) is 2. The zero-order valence-electron chi connectivity index (χ0n) is 14.1. The first-order valence-corrected chi connectivity index (χ1v) is 7.90. The van der Waals surface area contributed by atoms with Crippen molar-refractivity contribution in [2.75, 3.05) is 6.54 Å². The zero-order chi connectivity index (χ0) is 16.2. The number of rotatable bonds is 6. The maximum Gasteiger partial charge on any atom is 0.224 e. The number of carbonyl (C=O) groups excluding carboxylic acids is 1. The molecule has 2 aromatic rings. The van der Waals surface area contributed by atoms with Crippen LogP contribution in [0.4, 0.5) is 0 Å². The van der Waals surface area contributed by atoms with E-state index in [4.69, 9.17) is 5.73 Å². The Labute approximate surface area is 145 Å². The molecule has 0 aliphatic carbocycles. The first-order chi connectivity index (χ1) is 10.4. The Morgan fingerprint density at radius 3 is 2.43 bits per heavy atom. The number of benzene rings is 2. The monoisotopic (exact) mass is 334 g/mol. The van der Waals surface area contributed by atoms with E-state index < -0.39 is 0 Å². The number of hydrogen-bond acceptors (Lipinski definition) is 2. The molecule has 126 valence electrons. The maximum absolute atomic E-state index is 12.3. The van der Waals surface area contributed by atoms with Crippen LogP contribution in [0.25, 0.3) is 10.8 Å². The molecule has 0 aliphatic rings. The van der Waals surface area contributed by atoms with Crippen LogP contribution in [0.1, 0.15) is 32.8 Å². The molecule has 3 N–H and O–H groups in total. The normalized spacial score (nSPS) is 13.4. The van der Waals surface area contributed by atoms with Gasteiger partial charge in [-0.3, -0.25) is 4.79 Å². The van der Waals surface area contributed by atoms with Crippen LogP contribution in [-0.2, 0) is 11.2 Å². The lowest BCUT2D eigenvalue weighted by atomic mass is 9.90. The van der Waals surface area contributed by atoms with Crippen LogP contribution < -0.4 is 11.1 Å². The minimum Gasteiger partial charge on any atom is -0.349 e. The molecule has 2 aromatic carbocycles. The van der Waals surface area contributed by atoms with Crippen molar-refractivity contribution in [1.29, 1.82) is 0 Å². The van der Waals surface area contributed by atoms with E-state index in [9.17, 15) is 4.79 Å². The number of nitrogens with one attached hydrogen (secondary N) is 1. The molecule has 0 aliphatic heterocycles. The highest BCUT2D eigenvalue weighted by Gasteiger charge is 2.25. The highest BCUT2D eigenvalue weighted by atomic mass is 35.5. The largest absolute Gasteiger partial charge is 0.349 e. The van der Waals surface area contributed by atoms with Crippen molar-refractivity contribution in [2.45, 2.75) is 39.2 Å². The quantitative estimate of drug-likeness (QED) is 0.846. The van der Waals surface area contributed by atoms with Crippen molar-refractivity contribution in [2.24, 2.45) is 11.7 Å². The average molecular weight is 335 g/mol. The fraction of sp³-hybridized carbons (Fsp3) is 0.421. The third-order valence-electron chi connectivity index (χ3n) is 3.93. The first-order valence-electron chi connectivity index (χ1n) is 7.90. The van der Waals surface area contributed by atoms with Crippen molar-refractivity contribution in [1.82, 2.24) is 5.32 Å². The summed E-state index contributed by atoms with van der Waals surface area (Å²) < 4.78 is 0. The van der Waals surface area contributed by atoms with Crippen LogP contribution in [-0.4, -0.2) is 18.0 Å². The van der Waals surface area contributed by atoms with Gasteiger partial charge in [0.25, 0.3) is 0 Å². The third kappa shape index (κ3) is 5.52. The summed E-state index contributed by atoms with van der Waals surface area (Å²) in [6, 6.07) is 14.3. The average Bonchev–Trinajstić information content (AvgIpc) is 2.46. The van der Waals surface area contributed by atoms with Crippen LogP contribution in [0.15, 0.2) is 42.5 Å². The standard InChI is InChI=1S/C19H26N2O.ClH/c1-14(2)12-19(3,13-20)21-18(22)11-15-8-9-16-6-4-5-7-17(16)10-15;/h4-10,14H,11-13,20H2,1-3H3,(H,21,22);1H. The number of halogens is 1. The van der Waals surface area contributed by atoms with Crippen molar-refractivity contribution >= 4 is 29.1 Å². The Morgan fingerprint density at radius 1 is 1.17 bits per heavy atom. The highest BCUT2D eigenvalue weighted by Crippen LogP contribution is 2.18. The number of nitrogens with two attached hydrogens (primary N) is 1. The zero-order valence-corrected chi connectivity index (χ0v) is 15.0. The molecule has 0 saturated carbocycles. The minimum absolute atomic E-state index is 0. The second kappa shape index (κ2) is 8.32. The van der Waals surface area contributed by atoms with Gasteiger partial charge in [0.15, 0.2) is 0 Å². The lowest BCUT2D eigenvalue weighted by molar-refractivity contribution is -0.122. The van der Waals surface area contributed by atoms with E-state index in [0.717, 1.165) is 17.4 Å². The second-order valence-corrected chi connectivity index (χ2v) is 6.77. The molecule has 3 nitrogen and oxygen atoms in total. The smallest absolute Gasteiger partial charge is 0.224 e. The molecule has 1 amide bonds. The van der Waals surface area contributed by atoms with Crippen LogP contribution in [0, 0.1) is 5.92 Å². The lowest BCUT2D eigenvalue weighted by Gasteiger charge is -2.31. The molecule has 1 atom stereocenters. The van der Waals surface area contributed by atoms with E-state index in [2.05, 4.69) is 43.4 Å². The van der Waals surface area contributed by atoms with E-state index in [1.54, 1.807) is 0 Å². The van der Waals surface area contributed by atoms with Gasteiger partial charge >= 0.3 is 0 Å². The molecule has 1 unspecified atom stereocenters. The summed E-state index contributed by atoms with van der Waals surface area (Å²) in [5, 5.41) is 5.46. The summed E-state index contributed by atoms with van der Waals surface area (Å²) in [7, 11) is 0. The Bertz CT molecular complexity index is 657. The van der Waals surface area contributed by atoms with Gasteiger partial charge in [-0.1, -0.05) is 56.3 Å². The van der Waals surface area contributed by atoms with Crippen molar-refractivity contribution in [3.05, 3.63) is 48.0 Å². The fourth-order valence-corrected chi connectivity index (χ4v) is 3.00. The van der Waals surface area contributed by atoms with Crippen molar-refractivity contribution in [3.8, 4) is 0 Å². The minimum atomic E-state index is -0.331. The molecule has 2 rings (SSSR count). The van der Waals surface area contributed by atoms with Crippen molar-refractivity contribution < 1.29 is 4.79 Å². The van der Waals surface area contributed by atoms with Gasteiger partial charge in [0.2, 0.25) is 5.91 Å². The topological polar surface area (TPSA) is 55.1 Å². The summed E-state index contributed by atoms with van der Waals surface area (Å²) >= 11 is 0. The van der Waals surface area contributed by atoms with Crippen LogP contribution >= 0.6 is 12.4 Å². The maximum atomic E-state index is 12.3. The van der Waals surface area contributed by atoms with Crippen LogP contribution in [0.3, 0.4) is 0 Å². The van der Waals surface area contributed by atoms with E-state index in [-0.39, 0.29) is 23.9 Å². The molecule has 0 aromatic heterocycles. The summed E-state index contributed by atoms with van der Waals surface area (Å²) in [4.78, 5) is 12.3.